The molecule has 4 rings (SSSR count). The van der Waals surface area contributed by atoms with E-state index in [1.54, 1.807) is 24.3 Å². The Bertz CT molecular complexity index is 1420. The van der Waals surface area contributed by atoms with Gasteiger partial charge in [0.15, 0.2) is 0 Å². The molecule has 0 bridgehead atoms. The third-order valence-electron chi connectivity index (χ3n) is 5.03. The number of carbonyl (C=O) groups is 1. The van der Waals surface area contributed by atoms with E-state index in [-0.39, 0.29) is 15.7 Å². The van der Waals surface area contributed by atoms with E-state index in [1.165, 1.54) is 29.5 Å². The van der Waals surface area contributed by atoms with Crippen LogP contribution in [0.3, 0.4) is 0 Å². The van der Waals surface area contributed by atoms with Crippen LogP contribution in [0.25, 0.3) is 10.6 Å². The third-order valence-corrected chi connectivity index (χ3v) is 8.11. The molecule has 0 aliphatic heterocycles. The lowest BCUT2D eigenvalue weighted by Gasteiger charge is -2.24. The molecule has 4 aromatic rings. The Morgan fingerprint density at radius 1 is 1.00 bits per heavy atom. The van der Waals surface area contributed by atoms with E-state index in [0.717, 1.165) is 21.0 Å². The van der Waals surface area contributed by atoms with Gasteiger partial charge in [-0.25, -0.2) is 8.42 Å². The summed E-state index contributed by atoms with van der Waals surface area (Å²) in [6.45, 7) is 3.22. The fourth-order valence-electron chi connectivity index (χ4n) is 3.15. The van der Waals surface area contributed by atoms with Crippen LogP contribution in [0.1, 0.15) is 11.1 Å². The third kappa shape index (κ3) is 5.27. The number of rotatable bonds is 7. The van der Waals surface area contributed by atoms with Gasteiger partial charge in [0.05, 0.1) is 10.6 Å². The molecule has 1 amide bonds. The van der Waals surface area contributed by atoms with E-state index in [4.69, 9.17) is 11.6 Å². The molecule has 0 aliphatic rings. The summed E-state index contributed by atoms with van der Waals surface area (Å²) in [5.74, 6) is -0.553. The van der Waals surface area contributed by atoms with Crippen molar-refractivity contribution >= 4 is 49.7 Å². The molecule has 0 saturated carbocycles. The van der Waals surface area contributed by atoms with Crippen molar-refractivity contribution in [2.45, 2.75) is 18.7 Å². The molecular formula is C24H21ClN4O3S2. The molecule has 0 saturated heterocycles. The summed E-state index contributed by atoms with van der Waals surface area (Å²) in [5.41, 5.74) is 2.88. The van der Waals surface area contributed by atoms with Crippen LogP contribution in [-0.2, 0) is 14.8 Å². The van der Waals surface area contributed by atoms with Gasteiger partial charge >= 0.3 is 0 Å². The normalized spacial score (nSPS) is 11.3. The number of aryl methyl sites for hydroxylation is 2. The first-order valence-electron chi connectivity index (χ1n) is 10.3. The van der Waals surface area contributed by atoms with Crippen molar-refractivity contribution in [3.05, 3.63) is 88.9 Å². The molecule has 7 nitrogen and oxygen atoms in total. The number of anilines is 2. The first kappa shape index (κ1) is 23.9. The summed E-state index contributed by atoms with van der Waals surface area (Å²) in [5, 5.41) is 12.1. The largest absolute Gasteiger partial charge is 0.299 e. The molecule has 0 atom stereocenters. The van der Waals surface area contributed by atoms with Crippen molar-refractivity contribution in [2.24, 2.45) is 0 Å². The summed E-state index contributed by atoms with van der Waals surface area (Å²) >= 11 is 7.47. The lowest BCUT2D eigenvalue weighted by molar-refractivity contribution is -0.114. The highest BCUT2D eigenvalue weighted by molar-refractivity contribution is 7.92. The molecule has 10 heteroatoms. The Balaban J connectivity index is 1.62. The second kappa shape index (κ2) is 9.92. The van der Waals surface area contributed by atoms with Crippen LogP contribution >= 0.6 is 22.9 Å². The van der Waals surface area contributed by atoms with E-state index < -0.39 is 22.5 Å². The highest BCUT2D eigenvalue weighted by Crippen LogP contribution is 2.29. The second-order valence-corrected chi connectivity index (χ2v) is 10.8. The molecule has 0 fully saturated rings. The van der Waals surface area contributed by atoms with Crippen LogP contribution in [0.2, 0.25) is 5.02 Å². The Morgan fingerprint density at radius 2 is 1.71 bits per heavy atom. The van der Waals surface area contributed by atoms with Gasteiger partial charge in [-0.05, 0) is 43.7 Å². The maximum Gasteiger partial charge on any atom is 0.264 e. The zero-order chi connectivity index (χ0) is 24.3. The van der Waals surface area contributed by atoms with Gasteiger partial charge < -0.3 is 0 Å². The number of hydrogen-bond donors (Lipinski definition) is 1. The van der Waals surface area contributed by atoms with E-state index in [2.05, 4.69) is 15.5 Å². The number of amides is 1. The van der Waals surface area contributed by atoms with E-state index >= 15 is 0 Å². The monoisotopic (exact) mass is 512 g/mol. The van der Waals surface area contributed by atoms with Crippen molar-refractivity contribution < 1.29 is 13.2 Å². The molecule has 1 heterocycles. The summed E-state index contributed by atoms with van der Waals surface area (Å²) in [6.07, 6.45) is 0. The number of sulfonamides is 1. The van der Waals surface area contributed by atoms with E-state index in [9.17, 15) is 13.2 Å². The van der Waals surface area contributed by atoms with Crippen LogP contribution in [0, 0.1) is 13.8 Å². The minimum Gasteiger partial charge on any atom is -0.299 e. The Morgan fingerprint density at radius 3 is 2.38 bits per heavy atom. The van der Waals surface area contributed by atoms with Gasteiger partial charge in [-0.3, -0.25) is 14.4 Å². The lowest BCUT2D eigenvalue weighted by atomic mass is 10.2. The van der Waals surface area contributed by atoms with Crippen molar-refractivity contribution in [1.82, 2.24) is 10.2 Å². The number of carbonyl (C=O) groups excluding carboxylic acids is 1. The molecule has 0 aliphatic carbocycles. The Hall–Kier alpha value is -3.27. The number of benzene rings is 3. The van der Waals surface area contributed by atoms with Crippen LogP contribution in [0.5, 0.6) is 0 Å². The van der Waals surface area contributed by atoms with Gasteiger partial charge in [-0.15, -0.1) is 10.2 Å². The standard InChI is InChI=1S/C24H21ClN4O3S2/c1-16-8-12-20(13-9-16)34(31,32)29(19-11-10-17(2)21(25)14-19)15-22(30)26-24-28-27-23(33-24)18-6-4-3-5-7-18/h3-14H,15H2,1-2H3,(H,26,28,30). The summed E-state index contributed by atoms with van der Waals surface area (Å²) < 4.78 is 28.0. The van der Waals surface area contributed by atoms with Gasteiger partial charge in [0.1, 0.15) is 11.6 Å². The predicted octanol–water partition coefficient (Wildman–Crippen LogP) is 5.31. The fourth-order valence-corrected chi connectivity index (χ4v) is 5.50. The average Bonchev–Trinajstić information content (AvgIpc) is 3.28. The van der Waals surface area contributed by atoms with Crippen molar-refractivity contribution in [3.63, 3.8) is 0 Å². The van der Waals surface area contributed by atoms with Gasteiger partial charge in [-0.2, -0.15) is 0 Å². The van der Waals surface area contributed by atoms with Crippen LogP contribution in [0.4, 0.5) is 10.8 Å². The number of halogens is 1. The van der Waals surface area contributed by atoms with Gasteiger partial charge in [-0.1, -0.05) is 77.0 Å². The van der Waals surface area contributed by atoms with Crippen molar-refractivity contribution in [2.75, 3.05) is 16.2 Å². The summed E-state index contributed by atoms with van der Waals surface area (Å²) in [6, 6.07) is 20.8. The van der Waals surface area contributed by atoms with Crippen molar-refractivity contribution in [1.29, 1.82) is 0 Å². The maximum absolute atomic E-state index is 13.5. The first-order valence-corrected chi connectivity index (χ1v) is 12.9. The zero-order valence-corrected chi connectivity index (χ0v) is 20.8. The molecule has 1 N–H and O–H groups in total. The smallest absolute Gasteiger partial charge is 0.264 e. The Labute approximate surface area is 207 Å². The summed E-state index contributed by atoms with van der Waals surface area (Å²) in [7, 11) is -4.04. The Kier molecular flexibility index (Phi) is 6.97. The van der Waals surface area contributed by atoms with E-state index in [0.29, 0.717) is 10.0 Å². The highest BCUT2D eigenvalue weighted by atomic mass is 35.5. The number of aromatic nitrogens is 2. The lowest BCUT2D eigenvalue weighted by Crippen LogP contribution is -2.38. The van der Waals surface area contributed by atoms with E-state index in [1.807, 2.05) is 44.2 Å². The van der Waals surface area contributed by atoms with Crippen LogP contribution < -0.4 is 9.62 Å². The molecule has 0 unspecified atom stereocenters. The molecule has 1 aromatic heterocycles. The molecule has 3 aromatic carbocycles. The van der Waals surface area contributed by atoms with Crippen molar-refractivity contribution in [3.8, 4) is 10.6 Å². The van der Waals surface area contributed by atoms with Gasteiger partial charge in [0, 0.05) is 10.6 Å². The fraction of sp³-hybridized carbons (Fsp3) is 0.125. The van der Waals surface area contributed by atoms with Crippen LogP contribution in [-0.4, -0.2) is 31.1 Å². The minimum atomic E-state index is -4.04. The summed E-state index contributed by atoms with van der Waals surface area (Å²) in [4.78, 5) is 13.0. The predicted molar refractivity (Wildman–Crippen MR) is 136 cm³/mol. The maximum atomic E-state index is 13.5. The average molecular weight is 513 g/mol. The van der Waals surface area contributed by atoms with Crippen LogP contribution in [0.15, 0.2) is 77.7 Å². The molecule has 34 heavy (non-hydrogen) atoms. The number of hydrogen-bond acceptors (Lipinski definition) is 6. The zero-order valence-electron chi connectivity index (χ0n) is 18.4. The number of nitrogens with one attached hydrogen (secondary N) is 1. The molecular weight excluding hydrogens is 492 g/mol. The second-order valence-electron chi connectivity index (χ2n) is 7.58. The molecule has 174 valence electrons. The number of nitrogens with zero attached hydrogens (tertiary/aromatic N) is 3. The first-order chi connectivity index (χ1) is 16.2. The molecule has 0 radical (unpaired) electrons. The quantitative estimate of drug-likeness (QED) is 0.362. The topological polar surface area (TPSA) is 92.3 Å². The minimum absolute atomic E-state index is 0.0740. The van der Waals surface area contributed by atoms with Gasteiger partial charge in [0.25, 0.3) is 10.0 Å². The molecule has 0 spiro atoms. The highest BCUT2D eigenvalue weighted by Gasteiger charge is 2.28. The van der Waals surface area contributed by atoms with Gasteiger partial charge in [0.2, 0.25) is 11.0 Å². The SMILES string of the molecule is Cc1ccc(S(=O)(=O)N(CC(=O)Nc2nnc(-c3ccccc3)s2)c2ccc(C)c(Cl)c2)cc1.